The van der Waals surface area contributed by atoms with Crippen LogP contribution in [0.1, 0.15) is 47.1 Å². The Bertz CT molecular complexity index is 1710. The van der Waals surface area contributed by atoms with Crippen LogP contribution >= 0.6 is 0 Å². The summed E-state index contributed by atoms with van der Waals surface area (Å²) in [4.78, 5) is 65.6. The molecule has 0 bridgehead atoms. The molecule has 1 aromatic heterocycles. The molecule has 0 saturated heterocycles. The molecule has 0 saturated carbocycles. The number of benzene rings is 2. The number of methoxy groups -OCH3 is 1. The van der Waals surface area contributed by atoms with Gasteiger partial charge in [-0.05, 0) is 72.2 Å². The first-order valence-corrected chi connectivity index (χ1v) is 15.5. The molecule has 3 aromatic rings. The molecule has 0 aliphatic heterocycles. The van der Waals surface area contributed by atoms with E-state index in [0.29, 0.717) is 5.75 Å². The van der Waals surface area contributed by atoms with Crippen LogP contribution in [0.5, 0.6) is 23.0 Å². The number of hydrogen-bond donors (Lipinski definition) is 1. The average molecular weight is 685 g/mol. The molecule has 0 fully saturated rings. The number of carbonyl (C=O) groups excluding carboxylic acids is 4. The number of phenols is 1. The van der Waals surface area contributed by atoms with Crippen LogP contribution in [0.15, 0.2) is 51.2 Å². The van der Waals surface area contributed by atoms with E-state index in [1.165, 1.54) is 33.1 Å². The molecule has 0 spiro atoms. The molecule has 49 heavy (non-hydrogen) atoms. The van der Waals surface area contributed by atoms with E-state index in [9.17, 15) is 29.1 Å². The molecule has 14 heteroatoms. The van der Waals surface area contributed by atoms with Crippen molar-refractivity contribution in [3.8, 4) is 34.3 Å². The van der Waals surface area contributed by atoms with Crippen molar-refractivity contribution in [2.24, 2.45) is 0 Å². The van der Waals surface area contributed by atoms with Crippen LogP contribution in [0.4, 0.5) is 0 Å². The van der Waals surface area contributed by atoms with Crippen LogP contribution in [0.3, 0.4) is 0 Å². The van der Waals surface area contributed by atoms with Gasteiger partial charge >= 0.3 is 23.9 Å². The zero-order valence-corrected chi connectivity index (χ0v) is 28.4. The van der Waals surface area contributed by atoms with Crippen LogP contribution < -0.4 is 19.6 Å². The summed E-state index contributed by atoms with van der Waals surface area (Å²) in [5.74, 6) is -5.61. The molecule has 0 unspecified atom stereocenters. The largest absolute Gasteiger partial charge is 0.507 e. The number of fused-ring (bicyclic) bond motifs is 1. The molecule has 264 valence electrons. The van der Waals surface area contributed by atoms with Crippen molar-refractivity contribution in [1.82, 2.24) is 0 Å². The number of hydrogen-bond acceptors (Lipinski definition) is 14. The lowest BCUT2D eigenvalue weighted by Gasteiger charge is -2.21. The molecule has 0 amide bonds. The van der Waals surface area contributed by atoms with Crippen LogP contribution in [0.2, 0.25) is 0 Å². The van der Waals surface area contributed by atoms with Crippen molar-refractivity contribution in [3.63, 3.8) is 0 Å². The van der Waals surface area contributed by atoms with Crippen LogP contribution in [0, 0.1) is 0 Å². The topological polar surface area (TPSA) is 183 Å². The number of carbonyl (C=O) groups is 4. The zero-order valence-electron chi connectivity index (χ0n) is 28.4. The van der Waals surface area contributed by atoms with E-state index in [-0.39, 0.29) is 61.1 Å². The van der Waals surface area contributed by atoms with Crippen molar-refractivity contribution < 1.29 is 61.9 Å². The van der Waals surface area contributed by atoms with E-state index >= 15 is 0 Å². The molecule has 1 N–H and O–H groups in total. The van der Waals surface area contributed by atoms with Gasteiger partial charge < -0.3 is 42.7 Å². The molecular formula is C35H40O14. The minimum atomic E-state index is -2.03. The monoisotopic (exact) mass is 684 g/mol. The Morgan fingerprint density at radius 2 is 1.29 bits per heavy atom. The summed E-state index contributed by atoms with van der Waals surface area (Å²) in [6, 6.07) is 7.24. The summed E-state index contributed by atoms with van der Waals surface area (Å²) in [7, 11) is 1.46. The average Bonchev–Trinajstić information content (AvgIpc) is 3.06. The van der Waals surface area contributed by atoms with Gasteiger partial charge in [-0.1, -0.05) is 11.6 Å². The van der Waals surface area contributed by atoms with Gasteiger partial charge in [0.2, 0.25) is 11.2 Å². The summed E-state index contributed by atoms with van der Waals surface area (Å²) >= 11 is 0. The minimum absolute atomic E-state index is 0.0340. The number of phenolic OH excluding ortho intramolecular Hbond substituents is 1. The first-order valence-electron chi connectivity index (χ1n) is 15.5. The van der Waals surface area contributed by atoms with E-state index in [1.54, 1.807) is 32.1 Å². The van der Waals surface area contributed by atoms with Crippen molar-refractivity contribution in [1.29, 1.82) is 0 Å². The number of allylic oxidation sites excluding steroid dienone is 2. The Kier molecular flexibility index (Phi) is 13.6. The molecule has 0 aliphatic carbocycles. The quantitative estimate of drug-likeness (QED) is 0.0967. The summed E-state index contributed by atoms with van der Waals surface area (Å²) in [6.07, 6.45) is -2.11. The Morgan fingerprint density at radius 1 is 0.796 bits per heavy atom. The van der Waals surface area contributed by atoms with Gasteiger partial charge in [-0.2, -0.15) is 0 Å². The SMILES string of the molecule is CCOC(=O)C(Oc1cc(O)c2c(=O)c(OC(C(=O)OCC)C(=O)OCC)c(-c3ccc(OC)cc3)oc2c1CC=C(C)C)C(=O)OCC. The van der Waals surface area contributed by atoms with Gasteiger partial charge in [-0.3, -0.25) is 4.79 Å². The fourth-order valence-electron chi connectivity index (χ4n) is 4.51. The number of esters is 4. The second-order valence-electron chi connectivity index (χ2n) is 10.4. The van der Waals surface area contributed by atoms with Gasteiger partial charge in [0.05, 0.1) is 33.5 Å². The van der Waals surface area contributed by atoms with Gasteiger partial charge in [0, 0.05) is 17.2 Å². The van der Waals surface area contributed by atoms with Crippen molar-refractivity contribution in [2.45, 2.75) is 60.2 Å². The maximum atomic E-state index is 14.3. The maximum Gasteiger partial charge on any atom is 0.359 e. The summed E-state index contributed by atoms with van der Waals surface area (Å²) in [5, 5.41) is 10.9. The smallest absolute Gasteiger partial charge is 0.359 e. The standard InChI is InChI=1S/C35H40O14/c1-8-43-32(38)30(33(39)44-9-2)47-24-18-23(36)25-26(37)29(49-31(34(40)45-10-3)35(41)46-11-4)27(20-13-15-21(42-7)16-14-20)48-28(25)22(24)17-12-19(5)6/h12-16,18,30-31,36H,8-11,17H2,1-7H3. The zero-order chi connectivity index (χ0) is 36.2. The highest BCUT2D eigenvalue weighted by Crippen LogP contribution is 2.40. The minimum Gasteiger partial charge on any atom is -0.507 e. The lowest BCUT2D eigenvalue weighted by atomic mass is 10.0. The van der Waals surface area contributed by atoms with Crippen molar-refractivity contribution in [2.75, 3.05) is 33.5 Å². The number of rotatable bonds is 16. The van der Waals surface area contributed by atoms with E-state index in [4.69, 9.17) is 37.6 Å². The first-order chi connectivity index (χ1) is 23.4. The third-order valence-corrected chi connectivity index (χ3v) is 6.72. The lowest BCUT2D eigenvalue weighted by Crippen LogP contribution is -2.40. The molecule has 3 rings (SSSR count). The molecule has 0 aliphatic rings. The summed E-state index contributed by atoms with van der Waals surface area (Å²) in [5.41, 5.74) is 0.0740. The molecule has 14 nitrogen and oxygen atoms in total. The van der Waals surface area contributed by atoms with E-state index in [0.717, 1.165) is 11.6 Å². The molecule has 0 atom stereocenters. The molecule has 1 heterocycles. The Hall–Kier alpha value is -5.53. The predicted octanol–water partition coefficient (Wildman–Crippen LogP) is 4.43. The fraction of sp³-hybridized carbons (Fsp3) is 0.400. The lowest BCUT2D eigenvalue weighted by molar-refractivity contribution is -0.167. The highest BCUT2D eigenvalue weighted by Gasteiger charge is 2.37. The second kappa shape index (κ2) is 17.6. The van der Waals surface area contributed by atoms with Crippen molar-refractivity contribution >= 4 is 34.8 Å². The van der Waals surface area contributed by atoms with Gasteiger partial charge in [0.15, 0.2) is 5.76 Å². The summed E-state index contributed by atoms with van der Waals surface area (Å²) < 4.78 is 43.3. The molecule has 2 aromatic carbocycles. The number of aromatic hydroxyl groups is 1. The third-order valence-electron chi connectivity index (χ3n) is 6.72. The first kappa shape index (κ1) is 37.9. The molecule has 0 radical (unpaired) electrons. The Labute approximate surface area is 282 Å². The van der Waals surface area contributed by atoms with Gasteiger partial charge in [0.1, 0.15) is 28.2 Å². The number of ether oxygens (including phenoxy) is 7. The normalized spacial score (nSPS) is 10.8. The van der Waals surface area contributed by atoms with Gasteiger partial charge in [-0.15, -0.1) is 0 Å². The Morgan fingerprint density at radius 3 is 1.73 bits per heavy atom. The highest BCUT2D eigenvalue weighted by molar-refractivity contribution is 6.00. The van der Waals surface area contributed by atoms with E-state index in [1.807, 2.05) is 13.8 Å². The second-order valence-corrected chi connectivity index (χ2v) is 10.4. The fourth-order valence-corrected chi connectivity index (χ4v) is 4.51. The van der Waals surface area contributed by atoms with E-state index in [2.05, 4.69) is 0 Å². The summed E-state index contributed by atoms with van der Waals surface area (Å²) in [6.45, 7) is 9.44. The van der Waals surface area contributed by atoms with E-state index < -0.39 is 58.4 Å². The highest BCUT2D eigenvalue weighted by atomic mass is 16.6. The van der Waals surface area contributed by atoms with Gasteiger partial charge in [-0.25, -0.2) is 19.2 Å². The Balaban J connectivity index is 2.44. The molecular weight excluding hydrogens is 644 g/mol. The predicted molar refractivity (Wildman–Crippen MR) is 175 cm³/mol. The van der Waals surface area contributed by atoms with Crippen LogP contribution in [0.25, 0.3) is 22.3 Å². The van der Waals surface area contributed by atoms with Crippen LogP contribution in [-0.4, -0.2) is 74.7 Å². The van der Waals surface area contributed by atoms with Gasteiger partial charge in [0.25, 0.3) is 12.2 Å². The third kappa shape index (κ3) is 9.09. The maximum absolute atomic E-state index is 14.3. The van der Waals surface area contributed by atoms with Crippen LogP contribution in [-0.2, 0) is 44.5 Å². The van der Waals surface area contributed by atoms with Crippen molar-refractivity contribution in [3.05, 3.63) is 57.8 Å².